The molecule has 0 spiro atoms. The fourth-order valence-corrected chi connectivity index (χ4v) is 2.85. The van der Waals surface area contributed by atoms with E-state index in [-0.39, 0.29) is 34.0 Å². The number of methoxy groups -OCH3 is 1. The number of nitrogens with zero attached hydrogens (tertiary/aromatic N) is 1. The Morgan fingerprint density at radius 3 is 2.08 bits per heavy atom. The zero-order chi connectivity index (χ0) is 26.6. The van der Waals surface area contributed by atoms with E-state index in [0.717, 1.165) is 70.8 Å². The van der Waals surface area contributed by atoms with Crippen LogP contribution in [0.4, 0.5) is 0 Å². The Kier molecular flexibility index (Phi) is 41.8. The molecular formula is C30H60N2O4. The minimum atomic E-state index is -0.252. The number of unbranched alkanes of at least 4 members (excludes halogenated alkanes) is 7. The molecule has 36 heavy (non-hydrogen) atoms. The van der Waals surface area contributed by atoms with Crippen LogP contribution in [0.2, 0.25) is 0 Å². The monoisotopic (exact) mass is 512 g/mol. The number of hydrogen-bond acceptors (Lipinski definition) is 4. The lowest BCUT2D eigenvalue weighted by molar-refractivity contribution is -0.140. The van der Waals surface area contributed by atoms with Crippen molar-refractivity contribution in [2.24, 2.45) is 0 Å². The van der Waals surface area contributed by atoms with Gasteiger partial charge in [-0.3, -0.25) is 19.3 Å². The van der Waals surface area contributed by atoms with Gasteiger partial charge >= 0.3 is 0 Å². The maximum atomic E-state index is 11.7. The second-order valence-electron chi connectivity index (χ2n) is 7.41. The van der Waals surface area contributed by atoms with Crippen LogP contribution in [0.1, 0.15) is 121 Å². The summed E-state index contributed by atoms with van der Waals surface area (Å²) in [4.78, 5) is 35.6. The first-order chi connectivity index (χ1) is 16.5. The van der Waals surface area contributed by atoms with Crippen molar-refractivity contribution in [3.05, 3.63) is 25.0 Å². The normalized spacial score (nSPS) is 10.7. The predicted octanol–water partition coefficient (Wildman–Crippen LogP) is 7.69. The predicted molar refractivity (Wildman–Crippen MR) is 159 cm³/mol. The second-order valence-corrected chi connectivity index (χ2v) is 7.41. The van der Waals surface area contributed by atoms with E-state index < -0.39 is 0 Å². The Morgan fingerprint density at radius 2 is 1.58 bits per heavy atom. The molecular weight excluding hydrogens is 452 g/mol. The van der Waals surface area contributed by atoms with Gasteiger partial charge in [0, 0.05) is 33.3 Å². The van der Waals surface area contributed by atoms with E-state index in [1.165, 1.54) is 18.1 Å². The number of amides is 3. The van der Waals surface area contributed by atoms with Crippen LogP contribution in [0.3, 0.4) is 0 Å². The van der Waals surface area contributed by atoms with E-state index in [1.807, 2.05) is 13.8 Å². The highest BCUT2D eigenvalue weighted by Crippen LogP contribution is 2.14. The van der Waals surface area contributed by atoms with E-state index in [9.17, 15) is 14.4 Å². The highest BCUT2D eigenvalue weighted by atomic mass is 16.5. The molecule has 1 aliphatic rings. The fourth-order valence-electron chi connectivity index (χ4n) is 2.85. The smallest absolute Gasteiger partial charge is 0.257 e. The van der Waals surface area contributed by atoms with Gasteiger partial charge in [-0.15, -0.1) is 25.5 Å². The summed E-state index contributed by atoms with van der Waals surface area (Å²) in [7, 11) is 1.51. The Labute approximate surface area is 225 Å². The lowest BCUT2D eigenvalue weighted by atomic mass is 10.1. The first kappa shape index (κ1) is 43.5. The summed E-state index contributed by atoms with van der Waals surface area (Å²) in [6, 6.07) is 0. The summed E-state index contributed by atoms with van der Waals surface area (Å²) < 4.78 is 4.95. The fraction of sp³-hybridized carbons (Fsp3) is 0.700. The maximum Gasteiger partial charge on any atom is 0.257 e. The van der Waals surface area contributed by atoms with Gasteiger partial charge in [-0.2, -0.15) is 0 Å². The van der Waals surface area contributed by atoms with Gasteiger partial charge in [0.15, 0.2) is 0 Å². The summed E-state index contributed by atoms with van der Waals surface area (Å²) in [5, 5.41) is 2.90. The average molecular weight is 513 g/mol. The van der Waals surface area contributed by atoms with Gasteiger partial charge in [0.05, 0.1) is 13.7 Å². The zero-order valence-corrected chi connectivity index (χ0v) is 22.5. The van der Waals surface area contributed by atoms with Gasteiger partial charge in [-0.25, -0.2) is 0 Å². The molecule has 0 saturated carbocycles. The third-order valence-electron chi connectivity index (χ3n) is 4.75. The van der Waals surface area contributed by atoms with Crippen molar-refractivity contribution in [1.29, 1.82) is 0 Å². The summed E-state index contributed by atoms with van der Waals surface area (Å²) in [5.41, 5.74) is 0. The molecule has 0 radical (unpaired) electrons. The SMILES string of the molecule is C.C.C#CCCCCCC(=O)NCCCC.C=C.CC.CCCCCCC(=O)N1CC(OC)=CC1=O.[HH]. The van der Waals surface area contributed by atoms with Crippen LogP contribution in [0.5, 0.6) is 0 Å². The van der Waals surface area contributed by atoms with Crippen LogP contribution in [0.25, 0.3) is 0 Å². The molecule has 0 aromatic heterocycles. The highest BCUT2D eigenvalue weighted by molar-refractivity contribution is 6.03. The van der Waals surface area contributed by atoms with Gasteiger partial charge in [0.2, 0.25) is 11.8 Å². The van der Waals surface area contributed by atoms with Crippen molar-refractivity contribution >= 4 is 17.7 Å². The first-order valence-electron chi connectivity index (χ1n) is 12.8. The number of nitrogens with one attached hydrogen (secondary N) is 1. The molecule has 6 nitrogen and oxygen atoms in total. The number of ether oxygens (including phenoxy) is 1. The first-order valence-corrected chi connectivity index (χ1v) is 12.8. The molecule has 0 bridgehead atoms. The Morgan fingerprint density at radius 1 is 1.03 bits per heavy atom. The maximum absolute atomic E-state index is 11.7. The molecule has 6 heteroatoms. The van der Waals surface area contributed by atoms with Crippen LogP contribution in [0.15, 0.2) is 25.0 Å². The molecule has 1 N–H and O–H groups in total. The van der Waals surface area contributed by atoms with E-state index in [4.69, 9.17) is 11.2 Å². The number of carbonyl (C=O) groups excluding carboxylic acids is 3. The summed E-state index contributed by atoms with van der Waals surface area (Å²) >= 11 is 0. The average Bonchev–Trinajstić information content (AvgIpc) is 3.25. The molecule has 0 aromatic carbocycles. The number of terminal acetylenes is 1. The molecule has 1 rings (SSSR count). The number of carbonyl (C=O) groups is 3. The lowest BCUT2D eigenvalue weighted by Gasteiger charge is -2.13. The Bertz CT molecular complexity index is 601. The third-order valence-corrected chi connectivity index (χ3v) is 4.75. The van der Waals surface area contributed by atoms with Crippen LogP contribution in [-0.4, -0.2) is 42.8 Å². The number of hydrogen-bond donors (Lipinski definition) is 1. The minimum Gasteiger partial charge on any atom is -0.499 e. The molecule has 1 heterocycles. The van der Waals surface area contributed by atoms with Gasteiger partial charge < -0.3 is 10.1 Å². The van der Waals surface area contributed by atoms with Gasteiger partial charge in [-0.1, -0.05) is 74.7 Å². The van der Waals surface area contributed by atoms with Crippen LogP contribution < -0.4 is 5.32 Å². The Hall–Kier alpha value is -2.55. The molecule has 1 aliphatic heterocycles. The van der Waals surface area contributed by atoms with Crippen molar-refractivity contribution in [3.63, 3.8) is 0 Å². The van der Waals surface area contributed by atoms with Crippen LogP contribution in [0, 0.1) is 12.3 Å². The van der Waals surface area contributed by atoms with Crippen molar-refractivity contribution in [1.82, 2.24) is 10.2 Å². The standard InChI is InChI=1S/C12H19NO3.C12H21NO.C2H6.C2H4.2CH4.H2/c1-3-4-5-6-7-11(14)13-9-10(16-2)8-12(13)15;1-3-5-7-8-9-10-12(14)13-11-6-4-2;2*1-2;;;/h8H,3-7,9H2,1-2H3;1H,4-11H2,2H3,(H,13,14);1-2H3;1-2H2;2*1H4;1H. The van der Waals surface area contributed by atoms with E-state index in [1.54, 1.807) is 0 Å². The minimum absolute atomic E-state index is 0. The molecule has 0 atom stereocenters. The van der Waals surface area contributed by atoms with Crippen molar-refractivity contribution in [2.45, 2.75) is 120 Å². The molecule has 214 valence electrons. The van der Waals surface area contributed by atoms with Gasteiger partial charge in [0.25, 0.3) is 5.91 Å². The van der Waals surface area contributed by atoms with E-state index in [2.05, 4.69) is 38.2 Å². The van der Waals surface area contributed by atoms with Gasteiger partial charge in [0.1, 0.15) is 5.76 Å². The quantitative estimate of drug-likeness (QED) is 0.147. The lowest BCUT2D eigenvalue weighted by Crippen LogP contribution is -2.32. The molecule has 0 saturated heterocycles. The van der Waals surface area contributed by atoms with Crippen molar-refractivity contribution < 1.29 is 20.5 Å². The van der Waals surface area contributed by atoms with Crippen molar-refractivity contribution in [2.75, 3.05) is 20.2 Å². The van der Waals surface area contributed by atoms with Crippen LogP contribution >= 0.6 is 0 Å². The molecule has 0 aromatic rings. The summed E-state index contributed by atoms with van der Waals surface area (Å²) in [6.45, 7) is 15.4. The van der Waals surface area contributed by atoms with E-state index >= 15 is 0 Å². The topological polar surface area (TPSA) is 75.7 Å². The Balaban J connectivity index is -0.000000107. The zero-order valence-electron chi connectivity index (χ0n) is 22.5. The number of imide groups is 1. The number of rotatable bonds is 14. The third kappa shape index (κ3) is 26.1. The van der Waals surface area contributed by atoms with Crippen LogP contribution in [-0.2, 0) is 19.1 Å². The largest absolute Gasteiger partial charge is 0.499 e. The molecule has 0 aliphatic carbocycles. The van der Waals surface area contributed by atoms with E-state index in [0.29, 0.717) is 25.1 Å². The van der Waals surface area contributed by atoms with Gasteiger partial charge in [-0.05, 0) is 25.7 Å². The molecule has 0 fully saturated rings. The van der Waals surface area contributed by atoms with Crippen molar-refractivity contribution in [3.8, 4) is 12.3 Å². The summed E-state index contributed by atoms with van der Waals surface area (Å²) in [6.07, 6.45) is 17.9. The summed E-state index contributed by atoms with van der Waals surface area (Å²) in [5.74, 6) is 2.99. The highest BCUT2D eigenvalue weighted by Gasteiger charge is 2.27. The second kappa shape index (κ2) is 34.6. The molecule has 3 amide bonds. The molecule has 0 unspecified atom stereocenters.